The standard InChI is InChI=1S/C14H30N2O.H2/c1-12(2)10-16-8-9-17-14(11-16)6-5-7-15-13(3)4;/h12-15H,5-11H2,1-4H3;1H/t14-;/m1./s1. The lowest BCUT2D eigenvalue weighted by Crippen LogP contribution is -2.44. The number of hydrogen-bond acceptors (Lipinski definition) is 3. The van der Waals surface area contributed by atoms with E-state index in [1.165, 1.54) is 19.4 Å². The van der Waals surface area contributed by atoms with Crippen LogP contribution in [-0.2, 0) is 4.74 Å². The van der Waals surface area contributed by atoms with Crippen molar-refractivity contribution in [3.05, 3.63) is 0 Å². The summed E-state index contributed by atoms with van der Waals surface area (Å²) in [6.45, 7) is 14.4. The molecule has 1 aliphatic heterocycles. The summed E-state index contributed by atoms with van der Waals surface area (Å²) >= 11 is 0. The van der Waals surface area contributed by atoms with E-state index in [2.05, 4.69) is 37.9 Å². The van der Waals surface area contributed by atoms with Gasteiger partial charge in [-0.15, -0.1) is 0 Å². The quantitative estimate of drug-likeness (QED) is 0.696. The summed E-state index contributed by atoms with van der Waals surface area (Å²) in [7, 11) is 0. The predicted molar refractivity (Wildman–Crippen MR) is 75.5 cm³/mol. The van der Waals surface area contributed by atoms with Crippen LogP contribution in [0, 0.1) is 5.92 Å². The molecule has 0 saturated carbocycles. The molecule has 1 rings (SSSR count). The molecule has 0 aromatic carbocycles. The molecule has 0 bridgehead atoms. The highest BCUT2D eigenvalue weighted by Crippen LogP contribution is 2.11. The van der Waals surface area contributed by atoms with E-state index in [-0.39, 0.29) is 1.43 Å². The van der Waals surface area contributed by atoms with Crippen molar-refractivity contribution in [3.8, 4) is 0 Å². The van der Waals surface area contributed by atoms with E-state index < -0.39 is 0 Å². The summed E-state index contributed by atoms with van der Waals surface area (Å²) in [5.74, 6) is 0.761. The predicted octanol–water partition coefficient (Wildman–Crippen LogP) is 2.37. The summed E-state index contributed by atoms with van der Waals surface area (Å²) in [6, 6.07) is 0.597. The van der Waals surface area contributed by atoms with Crippen molar-refractivity contribution in [2.75, 3.05) is 32.8 Å². The summed E-state index contributed by atoms with van der Waals surface area (Å²) in [6.07, 6.45) is 2.86. The van der Waals surface area contributed by atoms with Gasteiger partial charge in [0.05, 0.1) is 12.7 Å². The highest BCUT2D eigenvalue weighted by molar-refractivity contribution is 4.72. The minimum absolute atomic E-state index is 0. The second-order valence-electron chi connectivity index (χ2n) is 5.90. The van der Waals surface area contributed by atoms with Crippen molar-refractivity contribution in [1.82, 2.24) is 10.2 Å². The Labute approximate surface area is 108 Å². The maximum Gasteiger partial charge on any atom is 0.0703 e. The molecule has 104 valence electrons. The van der Waals surface area contributed by atoms with Crippen molar-refractivity contribution >= 4 is 0 Å². The van der Waals surface area contributed by atoms with Crippen LogP contribution < -0.4 is 5.32 Å². The van der Waals surface area contributed by atoms with Gasteiger partial charge in [-0.05, 0) is 25.3 Å². The van der Waals surface area contributed by atoms with Crippen molar-refractivity contribution in [2.24, 2.45) is 5.92 Å². The monoisotopic (exact) mass is 244 g/mol. The number of nitrogens with one attached hydrogen (secondary N) is 1. The highest BCUT2D eigenvalue weighted by atomic mass is 16.5. The average molecular weight is 244 g/mol. The van der Waals surface area contributed by atoms with Gasteiger partial charge in [-0.1, -0.05) is 27.7 Å². The van der Waals surface area contributed by atoms with Gasteiger partial charge in [0, 0.05) is 27.1 Å². The maximum absolute atomic E-state index is 5.83. The topological polar surface area (TPSA) is 24.5 Å². The summed E-state index contributed by atoms with van der Waals surface area (Å²) < 4.78 is 5.83. The Morgan fingerprint density at radius 2 is 2.12 bits per heavy atom. The second kappa shape index (κ2) is 8.06. The lowest BCUT2D eigenvalue weighted by Gasteiger charge is -2.34. The number of ether oxygens (including phenoxy) is 1. The third-order valence-electron chi connectivity index (χ3n) is 3.10. The maximum atomic E-state index is 5.83. The third kappa shape index (κ3) is 7.02. The Kier molecular flexibility index (Phi) is 7.09. The number of hydrogen-bond donors (Lipinski definition) is 1. The van der Waals surface area contributed by atoms with Gasteiger partial charge in [-0.3, -0.25) is 4.90 Å². The molecule has 17 heavy (non-hydrogen) atoms. The van der Waals surface area contributed by atoms with Crippen LogP contribution in [0.2, 0.25) is 0 Å². The van der Waals surface area contributed by atoms with Crippen LogP contribution in [0.1, 0.15) is 42.0 Å². The molecule has 0 spiro atoms. The van der Waals surface area contributed by atoms with Gasteiger partial charge in [-0.2, -0.15) is 0 Å². The first-order valence-electron chi connectivity index (χ1n) is 7.15. The number of nitrogens with zero attached hydrogens (tertiary/aromatic N) is 1. The second-order valence-corrected chi connectivity index (χ2v) is 5.90. The van der Waals surface area contributed by atoms with Crippen molar-refractivity contribution in [1.29, 1.82) is 0 Å². The van der Waals surface area contributed by atoms with E-state index in [9.17, 15) is 0 Å². The SMILES string of the molecule is CC(C)CN1CCO[C@H](CCCNC(C)C)C1.[HH]. The van der Waals surface area contributed by atoms with Gasteiger partial charge in [0.15, 0.2) is 0 Å². The smallest absolute Gasteiger partial charge is 0.0703 e. The molecule has 1 N–H and O–H groups in total. The molecule has 0 unspecified atom stereocenters. The van der Waals surface area contributed by atoms with E-state index >= 15 is 0 Å². The van der Waals surface area contributed by atoms with Gasteiger partial charge < -0.3 is 10.1 Å². The number of rotatable bonds is 7. The molecule has 0 aliphatic carbocycles. The largest absolute Gasteiger partial charge is 0.376 e. The van der Waals surface area contributed by atoms with Crippen LogP contribution in [0.4, 0.5) is 0 Å². The van der Waals surface area contributed by atoms with Gasteiger partial charge >= 0.3 is 0 Å². The fourth-order valence-electron chi connectivity index (χ4n) is 2.36. The van der Waals surface area contributed by atoms with Gasteiger partial charge in [0.2, 0.25) is 0 Å². The van der Waals surface area contributed by atoms with Crippen molar-refractivity contribution in [2.45, 2.75) is 52.7 Å². The molecule has 1 aliphatic rings. The molecule has 1 atom stereocenters. The van der Waals surface area contributed by atoms with Crippen LogP contribution in [0.25, 0.3) is 0 Å². The fourth-order valence-corrected chi connectivity index (χ4v) is 2.36. The molecule has 1 saturated heterocycles. The Morgan fingerprint density at radius 3 is 2.76 bits per heavy atom. The Morgan fingerprint density at radius 1 is 1.35 bits per heavy atom. The lowest BCUT2D eigenvalue weighted by molar-refractivity contribution is -0.0357. The Hall–Kier alpha value is -0.120. The minimum Gasteiger partial charge on any atom is -0.376 e. The summed E-state index contributed by atoms with van der Waals surface area (Å²) in [5, 5.41) is 3.46. The minimum atomic E-state index is 0. The van der Waals surface area contributed by atoms with E-state index in [0.717, 1.165) is 32.2 Å². The average Bonchev–Trinajstić information content (AvgIpc) is 2.24. The molecular weight excluding hydrogens is 212 g/mol. The normalized spacial score (nSPS) is 22.6. The molecule has 0 radical (unpaired) electrons. The zero-order valence-corrected chi connectivity index (χ0v) is 12.0. The molecule has 3 nitrogen and oxygen atoms in total. The zero-order chi connectivity index (χ0) is 12.7. The van der Waals surface area contributed by atoms with Gasteiger partial charge in [-0.25, -0.2) is 0 Å². The molecule has 0 aromatic heterocycles. The van der Waals surface area contributed by atoms with Gasteiger partial charge in [0.25, 0.3) is 0 Å². The summed E-state index contributed by atoms with van der Waals surface area (Å²) in [5.41, 5.74) is 0. The van der Waals surface area contributed by atoms with Crippen LogP contribution in [0.5, 0.6) is 0 Å². The van der Waals surface area contributed by atoms with Crippen molar-refractivity contribution < 1.29 is 6.16 Å². The van der Waals surface area contributed by atoms with Crippen molar-refractivity contribution in [3.63, 3.8) is 0 Å². The first-order valence-corrected chi connectivity index (χ1v) is 7.15. The summed E-state index contributed by atoms with van der Waals surface area (Å²) in [4.78, 5) is 2.55. The van der Waals surface area contributed by atoms with E-state index in [0.29, 0.717) is 12.1 Å². The van der Waals surface area contributed by atoms with Crippen LogP contribution in [0.3, 0.4) is 0 Å². The zero-order valence-electron chi connectivity index (χ0n) is 12.0. The van der Waals surface area contributed by atoms with Gasteiger partial charge in [0.1, 0.15) is 0 Å². The number of morpholine rings is 1. The Bertz CT molecular complexity index is 200. The molecule has 1 fully saturated rings. The van der Waals surface area contributed by atoms with Crippen LogP contribution in [0.15, 0.2) is 0 Å². The molecular formula is C14H32N2O. The van der Waals surface area contributed by atoms with E-state index in [1.807, 2.05) is 0 Å². The first-order chi connectivity index (χ1) is 8.08. The van der Waals surface area contributed by atoms with Crippen LogP contribution >= 0.6 is 0 Å². The highest BCUT2D eigenvalue weighted by Gasteiger charge is 2.20. The first kappa shape index (κ1) is 14.9. The molecule has 0 aromatic rings. The van der Waals surface area contributed by atoms with Crippen LogP contribution in [-0.4, -0.2) is 49.8 Å². The van der Waals surface area contributed by atoms with E-state index in [4.69, 9.17) is 4.74 Å². The lowest BCUT2D eigenvalue weighted by atomic mass is 10.1. The molecule has 0 amide bonds. The third-order valence-corrected chi connectivity index (χ3v) is 3.10. The molecule has 3 heteroatoms. The van der Waals surface area contributed by atoms with E-state index in [1.54, 1.807) is 0 Å². The molecule has 1 heterocycles. The fraction of sp³-hybridized carbons (Fsp3) is 1.00. The Balaban J connectivity index is 0.00000289.